The highest BCUT2D eigenvalue weighted by Crippen LogP contribution is 2.27. The van der Waals surface area contributed by atoms with Crippen molar-refractivity contribution in [2.75, 3.05) is 45.2 Å². The van der Waals surface area contributed by atoms with Crippen molar-refractivity contribution >= 4 is 17.6 Å². The van der Waals surface area contributed by atoms with E-state index in [0.717, 1.165) is 51.4 Å². The van der Waals surface area contributed by atoms with Crippen LogP contribution in [-0.2, 0) is 22.5 Å². The van der Waals surface area contributed by atoms with Gasteiger partial charge in [0, 0.05) is 38.9 Å². The molecule has 1 aromatic carbocycles. The summed E-state index contributed by atoms with van der Waals surface area (Å²) in [6, 6.07) is 6.73. The number of benzene rings is 1. The number of hydrogen-bond acceptors (Lipinski definition) is 4. The standard InChI is InChI=1S/C21H32N4O2/c1-4-22-21(25-12-9-17(10-13-25)20(26)27-3)23-15-16-7-8-19-18(14-16)6-5-11-24(19)2/h7-8,14,17H,4-6,9-13,15H2,1-3H3,(H,22,23). The van der Waals surface area contributed by atoms with Gasteiger partial charge in [0.25, 0.3) is 0 Å². The van der Waals surface area contributed by atoms with Gasteiger partial charge >= 0.3 is 5.97 Å². The molecule has 0 spiro atoms. The number of carbonyl (C=O) groups excluding carboxylic acids is 1. The average molecular weight is 373 g/mol. The van der Waals surface area contributed by atoms with Gasteiger partial charge in [0.15, 0.2) is 5.96 Å². The lowest BCUT2D eigenvalue weighted by Crippen LogP contribution is -2.46. The molecule has 0 bridgehead atoms. The number of methoxy groups -OCH3 is 1. The fourth-order valence-corrected chi connectivity index (χ4v) is 4.02. The molecule has 0 aliphatic carbocycles. The molecule has 2 aliphatic rings. The fourth-order valence-electron chi connectivity index (χ4n) is 4.02. The number of anilines is 1. The van der Waals surface area contributed by atoms with Gasteiger partial charge in [0.2, 0.25) is 0 Å². The summed E-state index contributed by atoms with van der Waals surface area (Å²) in [7, 11) is 3.63. The molecule has 3 rings (SSSR count). The van der Waals surface area contributed by atoms with Crippen molar-refractivity contribution in [1.29, 1.82) is 0 Å². The zero-order chi connectivity index (χ0) is 19.2. The number of aryl methyl sites for hydroxylation is 1. The molecule has 0 radical (unpaired) electrons. The second-order valence-corrected chi connectivity index (χ2v) is 7.44. The van der Waals surface area contributed by atoms with E-state index in [1.54, 1.807) is 0 Å². The fraction of sp³-hybridized carbons (Fsp3) is 0.619. The summed E-state index contributed by atoms with van der Waals surface area (Å²) in [6.07, 6.45) is 4.01. The van der Waals surface area contributed by atoms with Gasteiger partial charge in [-0.2, -0.15) is 0 Å². The molecular formula is C21H32N4O2. The van der Waals surface area contributed by atoms with E-state index in [1.807, 2.05) is 0 Å². The van der Waals surface area contributed by atoms with Gasteiger partial charge in [-0.25, -0.2) is 4.99 Å². The van der Waals surface area contributed by atoms with Crippen LogP contribution in [0.1, 0.15) is 37.3 Å². The average Bonchev–Trinajstić information content (AvgIpc) is 2.71. The predicted molar refractivity (Wildman–Crippen MR) is 109 cm³/mol. The maximum absolute atomic E-state index is 11.7. The molecule has 6 heteroatoms. The van der Waals surface area contributed by atoms with E-state index < -0.39 is 0 Å². The van der Waals surface area contributed by atoms with Gasteiger partial charge < -0.3 is 19.9 Å². The Labute approximate surface area is 162 Å². The maximum Gasteiger partial charge on any atom is 0.308 e. The number of rotatable bonds is 4. The van der Waals surface area contributed by atoms with Crippen LogP contribution in [0, 0.1) is 5.92 Å². The van der Waals surface area contributed by atoms with Crippen LogP contribution in [0.5, 0.6) is 0 Å². The van der Waals surface area contributed by atoms with Crippen LogP contribution >= 0.6 is 0 Å². The number of guanidine groups is 1. The molecule has 0 atom stereocenters. The quantitative estimate of drug-likeness (QED) is 0.500. The van der Waals surface area contributed by atoms with Gasteiger partial charge in [-0.1, -0.05) is 12.1 Å². The number of piperidine rings is 1. The van der Waals surface area contributed by atoms with Crippen molar-refractivity contribution in [1.82, 2.24) is 10.2 Å². The summed E-state index contributed by atoms with van der Waals surface area (Å²) in [5, 5.41) is 3.40. The largest absolute Gasteiger partial charge is 0.469 e. The Bertz CT molecular complexity index is 681. The van der Waals surface area contributed by atoms with E-state index in [2.05, 4.69) is 47.3 Å². The number of hydrogen-bond donors (Lipinski definition) is 1. The van der Waals surface area contributed by atoms with Gasteiger partial charge in [-0.15, -0.1) is 0 Å². The van der Waals surface area contributed by atoms with Crippen LogP contribution in [0.25, 0.3) is 0 Å². The van der Waals surface area contributed by atoms with Gasteiger partial charge in [0.1, 0.15) is 0 Å². The highest BCUT2D eigenvalue weighted by Gasteiger charge is 2.27. The van der Waals surface area contributed by atoms with Crippen molar-refractivity contribution in [3.63, 3.8) is 0 Å². The number of likely N-dealkylation sites (tertiary alicyclic amines) is 1. The Hall–Kier alpha value is -2.24. The topological polar surface area (TPSA) is 57.2 Å². The van der Waals surface area contributed by atoms with Crippen LogP contribution in [0.3, 0.4) is 0 Å². The Morgan fingerprint density at radius 1 is 1.30 bits per heavy atom. The second kappa shape index (κ2) is 9.11. The van der Waals surface area contributed by atoms with Crippen LogP contribution in [0.2, 0.25) is 0 Å². The lowest BCUT2D eigenvalue weighted by molar-refractivity contribution is -0.146. The molecule has 1 N–H and O–H groups in total. The lowest BCUT2D eigenvalue weighted by atomic mass is 9.97. The second-order valence-electron chi connectivity index (χ2n) is 7.44. The van der Waals surface area contributed by atoms with Crippen LogP contribution in [0.4, 0.5) is 5.69 Å². The summed E-state index contributed by atoms with van der Waals surface area (Å²) < 4.78 is 4.88. The number of carbonyl (C=O) groups is 1. The Morgan fingerprint density at radius 2 is 2.07 bits per heavy atom. The molecule has 6 nitrogen and oxygen atoms in total. The maximum atomic E-state index is 11.7. The molecular weight excluding hydrogens is 340 g/mol. The Morgan fingerprint density at radius 3 is 2.78 bits per heavy atom. The van der Waals surface area contributed by atoms with Crippen molar-refractivity contribution in [2.24, 2.45) is 10.9 Å². The molecule has 0 unspecified atom stereocenters. The Kier molecular flexibility index (Phi) is 6.58. The molecule has 0 aromatic heterocycles. The molecule has 2 aliphatic heterocycles. The minimum atomic E-state index is -0.0874. The third-order valence-electron chi connectivity index (χ3n) is 5.57. The first kappa shape index (κ1) is 19.5. The normalized spacial score (nSPS) is 18.3. The number of nitrogens with zero attached hydrogens (tertiary/aromatic N) is 3. The highest BCUT2D eigenvalue weighted by molar-refractivity contribution is 5.80. The van der Waals surface area contributed by atoms with Crippen molar-refractivity contribution in [2.45, 2.75) is 39.2 Å². The summed E-state index contributed by atoms with van der Waals surface area (Å²) in [5.41, 5.74) is 4.04. The zero-order valence-electron chi connectivity index (χ0n) is 16.8. The first-order valence-electron chi connectivity index (χ1n) is 10.1. The number of esters is 1. The van der Waals surface area contributed by atoms with E-state index in [4.69, 9.17) is 9.73 Å². The number of nitrogens with one attached hydrogen (secondary N) is 1. The van der Waals surface area contributed by atoms with Crippen LogP contribution in [0.15, 0.2) is 23.2 Å². The van der Waals surface area contributed by atoms with E-state index in [0.29, 0.717) is 6.54 Å². The molecule has 27 heavy (non-hydrogen) atoms. The molecule has 148 valence electrons. The van der Waals surface area contributed by atoms with Crippen molar-refractivity contribution in [3.8, 4) is 0 Å². The van der Waals surface area contributed by atoms with Crippen molar-refractivity contribution < 1.29 is 9.53 Å². The molecule has 0 amide bonds. The summed E-state index contributed by atoms with van der Waals surface area (Å²) in [4.78, 5) is 21.2. The monoisotopic (exact) mass is 372 g/mol. The first-order chi connectivity index (χ1) is 13.1. The van der Waals surface area contributed by atoms with E-state index in [9.17, 15) is 4.79 Å². The predicted octanol–water partition coefficient (Wildman–Crippen LogP) is 2.42. The Balaban J connectivity index is 1.65. The van der Waals surface area contributed by atoms with E-state index in [1.165, 1.54) is 30.3 Å². The van der Waals surface area contributed by atoms with Crippen molar-refractivity contribution in [3.05, 3.63) is 29.3 Å². The number of fused-ring (bicyclic) bond motifs is 1. The van der Waals surface area contributed by atoms with E-state index in [-0.39, 0.29) is 11.9 Å². The van der Waals surface area contributed by atoms with Crippen LogP contribution < -0.4 is 10.2 Å². The summed E-state index contributed by atoms with van der Waals surface area (Å²) >= 11 is 0. The lowest BCUT2D eigenvalue weighted by Gasteiger charge is -2.33. The minimum Gasteiger partial charge on any atom is -0.469 e. The first-order valence-corrected chi connectivity index (χ1v) is 10.1. The number of ether oxygens (including phenoxy) is 1. The van der Waals surface area contributed by atoms with E-state index >= 15 is 0 Å². The smallest absolute Gasteiger partial charge is 0.308 e. The zero-order valence-corrected chi connectivity index (χ0v) is 16.8. The van der Waals surface area contributed by atoms with Crippen LogP contribution in [-0.4, -0.2) is 57.2 Å². The molecule has 1 fully saturated rings. The van der Waals surface area contributed by atoms with Gasteiger partial charge in [0.05, 0.1) is 19.6 Å². The molecule has 1 saturated heterocycles. The van der Waals surface area contributed by atoms with Gasteiger partial charge in [-0.3, -0.25) is 4.79 Å². The van der Waals surface area contributed by atoms with Gasteiger partial charge in [-0.05, 0) is 49.8 Å². The highest BCUT2D eigenvalue weighted by atomic mass is 16.5. The summed E-state index contributed by atoms with van der Waals surface area (Å²) in [5.74, 6) is 0.873. The SMILES string of the molecule is CCNC(=NCc1ccc2c(c1)CCCN2C)N1CCC(C(=O)OC)CC1. The molecule has 2 heterocycles. The number of aliphatic imine (C=N–C) groups is 1. The molecule has 0 saturated carbocycles. The minimum absolute atomic E-state index is 0.0202. The molecule has 1 aromatic rings. The third kappa shape index (κ3) is 4.73. The summed E-state index contributed by atoms with van der Waals surface area (Å²) in [6.45, 7) is 6.41. The third-order valence-corrected chi connectivity index (χ3v) is 5.57.